The average molecular weight is 586 g/mol. The zero-order valence-electron chi connectivity index (χ0n) is 24.9. The lowest BCUT2D eigenvalue weighted by Crippen LogP contribution is -1.95. The van der Waals surface area contributed by atoms with Crippen LogP contribution < -0.4 is 0 Å². The van der Waals surface area contributed by atoms with Crippen LogP contribution in [0.2, 0.25) is 0 Å². The summed E-state index contributed by atoms with van der Waals surface area (Å²) in [5, 5.41) is 7.02. The fourth-order valence-corrected chi connectivity index (χ4v) is 6.67. The highest BCUT2D eigenvalue weighted by Crippen LogP contribution is 2.40. The first kappa shape index (κ1) is 26.2. The molecule has 0 radical (unpaired) electrons. The maximum absolute atomic E-state index is 5.44. The van der Waals surface area contributed by atoms with Crippen LogP contribution in [0.25, 0.3) is 88.4 Å². The Bertz CT molecular complexity index is 2560. The number of rotatable bonds is 4. The van der Waals surface area contributed by atoms with Gasteiger partial charge < -0.3 is 0 Å². The summed E-state index contributed by atoms with van der Waals surface area (Å²) in [6, 6.07) is 57.3. The molecular formula is C43H27N3. The molecule has 0 N–H and O–H groups in total. The molecule has 0 aliphatic carbocycles. The van der Waals surface area contributed by atoms with Gasteiger partial charge in [0.2, 0.25) is 0 Å². The first-order chi connectivity index (χ1) is 22.8. The molecule has 0 bridgehead atoms. The van der Waals surface area contributed by atoms with E-state index in [1.807, 2.05) is 30.3 Å². The number of benzene rings is 7. The summed E-state index contributed by atoms with van der Waals surface area (Å²) in [7, 11) is 0. The third-order valence-corrected chi connectivity index (χ3v) is 8.86. The quantitative estimate of drug-likeness (QED) is 0.193. The van der Waals surface area contributed by atoms with Crippen molar-refractivity contribution in [2.75, 3.05) is 0 Å². The molecule has 214 valence electrons. The molecule has 0 fully saturated rings. The fourth-order valence-electron chi connectivity index (χ4n) is 6.67. The van der Waals surface area contributed by atoms with Crippen molar-refractivity contribution >= 4 is 43.4 Å². The molecule has 3 nitrogen and oxygen atoms in total. The molecule has 0 spiro atoms. The van der Waals surface area contributed by atoms with E-state index in [1.54, 1.807) is 0 Å². The van der Waals surface area contributed by atoms with E-state index in [1.165, 1.54) is 16.2 Å². The molecule has 2 heterocycles. The Morgan fingerprint density at radius 3 is 1.70 bits per heavy atom. The van der Waals surface area contributed by atoms with Crippen molar-refractivity contribution in [1.29, 1.82) is 0 Å². The van der Waals surface area contributed by atoms with Gasteiger partial charge in [-0.15, -0.1) is 0 Å². The van der Waals surface area contributed by atoms with Gasteiger partial charge in [-0.1, -0.05) is 158 Å². The summed E-state index contributed by atoms with van der Waals surface area (Å²) in [4.78, 5) is 15.4. The number of pyridine rings is 1. The van der Waals surface area contributed by atoms with Gasteiger partial charge in [0.25, 0.3) is 0 Å². The predicted octanol–water partition coefficient (Wildman–Crippen LogP) is 11.2. The highest BCUT2D eigenvalue weighted by atomic mass is 14.9. The molecule has 0 aliphatic heterocycles. The minimum absolute atomic E-state index is 0.723. The van der Waals surface area contributed by atoms with Gasteiger partial charge in [0.05, 0.1) is 22.4 Å². The van der Waals surface area contributed by atoms with Gasteiger partial charge in [0, 0.05) is 43.8 Å². The molecule has 0 saturated carbocycles. The Hall–Kier alpha value is -6.19. The first-order valence-corrected chi connectivity index (χ1v) is 15.5. The van der Waals surface area contributed by atoms with Crippen LogP contribution in [0.1, 0.15) is 0 Å². The van der Waals surface area contributed by atoms with E-state index >= 15 is 0 Å². The molecule has 2 aromatic heterocycles. The summed E-state index contributed by atoms with van der Waals surface area (Å²) < 4.78 is 0. The van der Waals surface area contributed by atoms with E-state index in [0.29, 0.717) is 0 Å². The predicted molar refractivity (Wildman–Crippen MR) is 192 cm³/mol. The largest absolute Gasteiger partial charge is 0.246 e. The van der Waals surface area contributed by atoms with E-state index in [2.05, 4.69) is 133 Å². The smallest absolute Gasteiger partial charge is 0.160 e. The first-order valence-electron chi connectivity index (χ1n) is 15.5. The second-order valence-electron chi connectivity index (χ2n) is 11.6. The zero-order chi connectivity index (χ0) is 30.5. The Labute approximate surface area is 266 Å². The monoisotopic (exact) mass is 585 g/mol. The van der Waals surface area contributed by atoms with Gasteiger partial charge in [0.15, 0.2) is 5.82 Å². The summed E-state index contributed by atoms with van der Waals surface area (Å²) >= 11 is 0. The van der Waals surface area contributed by atoms with Crippen LogP contribution in [0.5, 0.6) is 0 Å². The second kappa shape index (κ2) is 10.8. The molecule has 46 heavy (non-hydrogen) atoms. The molecule has 0 amide bonds. The van der Waals surface area contributed by atoms with E-state index < -0.39 is 0 Å². The SMILES string of the molecule is c1ccc(-c2nc(-c3ccc(-c4nc5c(-c6ccccc6)cccc5c5c4ccc4ccccc45)cc3)c3ccccc3n2)cc1. The summed E-state index contributed by atoms with van der Waals surface area (Å²) in [6.45, 7) is 0. The maximum atomic E-state index is 5.44. The molecular weight excluding hydrogens is 558 g/mol. The number of hydrogen-bond acceptors (Lipinski definition) is 3. The minimum Gasteiger partial charge on any atom is -0.246 e. The Morgan fingerprint density at radius 1 is 0.326 bits per heavy atom. The lowest BCUT2D eigenvalue weighted by atomic mass is 9.92. The fraction of sp³-hybridized carbons (Fsp3) is 0. The Morgan fingerprint density at radius 2 is 0.935 bits per heavy atom. The van der Waals surface area contributed by atoms with Crippen LogP contribution in [0.4, 0.5) is 0 Å². The number of para-hydroxylation sites is 2. The van der Waals surface area contributed by atoms with Crippen LogP contribution in [0.3, 0.4) is 0 Å². The molecule has 9 aromatic rings. The highest BCUT2D eigenvalue weighted by Gasteiger charge is 2.17. The Kier molecular flexibility index (Phi) is 6.14. The van der Waals surface area contributed by atoms with Crippen molar-refractivity contribution in [2.45, 2.75) is 0 Å². The molecule has 0 saturated heterocycles. The third kappa shape index (κ3) is 4.33. The summed E-state index contributed by atoms with van der Waals surface area (Å²) in [6.07, 6.45) is 0. The van der Waals surface area contributed by atoms with Crippen LogP contribution in [-0.2, 0) is 0 Å². The van der Waals surface area contributed by atoms with E-state index in [0.717, 1.165) is 72.2 Å². The van der Waals surface area contributed by atoms with Crippen LogP contribution >= 0.6 is 0 Å². The minimum atomic E-state index is 0.723. The molecule has 0 aliphatic rings. The number of fused-ring (bicyclic) bond motifs is 6. The standard InChI is InChI=1S/C43H27N3/c1-3-12-28(13-4-1)34-19-11-20-36-39-33-17-8-7-14-29(33)26-27-37(39)41(45-42(34)36)31-24-22-30(23-25-31)40-35-18-9-10-21-38(35)44-43(46-40)32-15-5-2-6-16-32/h1-27H. The topological polar surface area (TPSA) is 38.7 Å². The van der Waals surface area contributed by atoms with Crippen molar-refractivity contribution in [3.8, 4) is 45.0 Å². The molecule has 7 aromatic carbocycles. The summed E-state index contributed by atoms with van der Waals surface area (Å²) in [5.74, 6) is 0.723. The van der Waals surface area contributed by atoms with Gasteiger partial charge in [-0.05, 0) is 22.4 Å². The lowest BCUT2D eigenvalue weighted by molar-refractivity contribution is 1.23. The van der Waals surface area contributed by atoms with Crippen molar-refractivity contribution in [1.82, 2.24) is 15.0 Å². The maximum Gasteiger partial charge on any atom is 0.160 e. The van der Waals surface area contributed by atoms with Gasteiger partial charge in [0.1, 0.15) is 0 Å². The van der Waals surface area contributed by atoms with Crippen molar-refractivity contribution < 1.29 is 0 Å². The van der Waals surface area contributed by atoms with E-state index in [-0.39, 0.29) is 0 Å². The van der Waals surface area contributed by atoms with Crippen LogP contribution in [-0.4, -0.2) is 15.0 Å². The van der Waals surface area contributed by atoms with Gasteiger partial charge >= 0.3 is 0 Å². The molecule has 3 heteroatoms. The number of nitrogens with zero attached hydrogens (tertiary/aromatic N) is 3. The van der Waals surface area contributed by atoms with E-state index in [4.69, 9.17) is 15.0 Å². The Balaban J connectivity index is 1.27. The molecule has 0 atom stereocenters. The van der Waals surface area contributed by atoms with Crippen molar-refractivity contribution in [3.63, 3.8) is 0 Å². The molecule has 9 rings (SSSR count). The molecule has 0 unspecified atom stereocenters. The van der Waals surface area contributed by atoms with Gasteiger partial charge in [-0.2, -0.15) is 0 Å². The lowest BCUT2D eigenvalue weighted by Gasteiger charge is -2.15. The van der Waals surface area contributed by atoms with Gasteiger partial charge in [-0.3, -0.25) is 0 Å². The number of aromatic nitrogens is 3. The zero-order valence-corrected chi connectivity index (χ0v) is 24.9. The van der Waals surface area contributed by atoms with Gasteiger partial charge in [-0.25, -0.2) is 15.0 Å². The summed E-state index contributed by atoms with van der Waals surface area (Å²) in [5.41, 5.74) is 9.22. The normalized spacial score (nSPS) is 11.5. The van der Waals surface area contributed by atoms with Crippen LogP contribution in [0.15, 0.2) is 164 Å². The average Bonchev–Trinajstić information content (AvgIpc) is 3.14. The van der Waals surface area contributed by atoms with E-state index in [9.17, 15) is 0 Å². The van der Waals surface area contributed by atoms with Crippen molar-refractivity contribution in [3.05, 3.63) is 164 Å². The van der Waals surface area contributed by atoms with Crippen LogP contribution in [0, 0.1) is 0 Å². The highest BCUT2D eigenvalue weighted by molar-refractivity contribution is 6.23. The third-order valence-electron chi connectivity index (χ3n) is 8.86. The second-order valence-corrected chi connectivity index (χ2v) is 11.6. The number of hydrogen-bond donors (Lipinski definition) is 0. The van der Waals surface area contributed by atoms with Crippen molar-refractivity contribution in [2.24, 2.45) is 0 Å².